The van der Waals surface area contributed by atoms with Crippen molar-refractivity contribution in [3.05, 3.63) is 59.7 Å². The Balaban J connectivity index is 2.33. The largest absolute Gasteiger partial charge is 0.421 e. The maximum absolute atomic E-state index is 12.2. The standard InChI is InChI=1S/C18H21NO2/c1-13(2)15-10-11-16(19(3)4)17(12-15)21-18(20)14-8-6-5-7-9-14/h5-13H,1-4H3. The van der Waals surface area contributed by atoms with E-state index in [-0.39, 0.29) is 5.97 Å². The summed E-state index contributed by atoms with van der Waals surface area (Å²) < 4.78 is 5.60. The van der Waals surface area contributed by atoms with Crippen molar-refractivity contribution in [2.75, 3.05) is 19.0 Å². The molecule has 110 valence electrons. The van der Waals surface area contributed by atoms with Gasteiger partial charge in [0.15, 0.2) is 5.75 Å². The number of benzene rings is 2. The third-order valence-electron chi connectivity index (χ3n) is 3.34. The van der Waals surface area contributed by atoms with Crippen LogP contribution >= 0.6 is 0 Å². The van der Waals surface area contributed by atoms with Gasteiger partial charge in [-0.1, -0.05) is 38.1 Å². The van der Waals surface area contributed by atoms with Gasteiger partial charge in [0.1, 0.15) is 0 Å². The Morgan fingerprint density at radius 2 is 1.71 bits per heavy atom. The molecule has 0 saturated carbocycles. The van der Waals surface area contributed by atoms with Crippen LogP contribution in [0, 0.1) is 0 Å². The lowest BCUT2D eigenvalue weighted by Crippen LogP contribution is -2.14. The summed E-state index contributed by atoms with van der Waals surface area (Å²) in [6.45, 7) is 4.24. The van der Waals surface area contributed by atoms with Crippen molar-refractivity contribution >= 4 is 11.7 Å². The molecule has 0 heterocycles. The fraction of sp³-hybridized carbons (Fsp3) is 0.278. The van der Waals surface area contributed by atoms with E-state index in [2.05, 4.69) is 19.9 Å². The zero-order valence-corrected chi connectivity index (χ0v) is 13.0. The van der Waals surface area contributed by atoms with E-state index < -0.39 is 0 Å². The molecular weight excluding hydrogens is 262 g/mol. The first-order valence-corrected chi connectivity index (χ1v) is 7.07. The number of carbonyl (C=O) groups excluding carboxylic acids is 1. The molecule has 0 aliphatic rings. The van der Waals surface area contributed by atoms with E-state index in [4.69, 9.17) is 4.74 Å². The average molecular weight is 283 g/mol. The average Bonchev–Trinajstić information content (AvgIpc) is 2.47. The molecule has 0 atom stereocenters. The van der Waals surface area contributed by atoms with Crippen molar-refractivity contribution in [3.8, 4) is 5.75 Å². The first kappa shape index (κ1) is 15.1. The van der Waals surface area contributed by atoms with Gasteiger partial charge >= 0.3 is 5.97 Å². The number of nitrogens with zero attached hydrogens (tertiary/aromatic N) is 1. The number of esters is 1. The van der Waals surface area contributed by atoms with Crippen molar-refractivity contribution in [1.29, 1.82) is 0 Å². The van der Waals surface area contributed by atoms with Crippen LogP contribution in [0.1, 0.15) is 35.7 Å². The summed E-state index contributed by atoms with van der Waals surface area (Å²) in [4.78, 5) is 14.2. The highest BCUT2D eigenvalue weighted by atomic mass is 16.5. The Kier molecular flexibility index (Phi) is 4.63. The van der Waals surface area contributed by atoms with Crippen LogP contribution in [0.5, 0.6) is 5.75 Å². The fourth-order valence-corrected chi connectivity index (χ4v) is 2.07. The van der Waals surface area contributed by atoms with Crippen LogP contribution in [0.3, 0.4) is 0 Å². The Morgan fingerprint density at radius 3 is 2.29 bits per heavy atom. The van der Waals surface area contributed by atoms with Gasteiger partial charge in [0.05, 0.1) is 11.3 Å². The van der Waals surface area contributed by atoms with Crippen molar-refractivity contribution < 1.29 is 9.53 Å². The molecule has 0 unspecified atom stereocenters. The predicted molar refractivity (Wildman–Crippen MR) is 86.3 cm³/mol. The SMILES string of the molecule is CC(C)c1ccc(N(C)C)c(OC(=O)c2ccccc2)c1. The van der Waals surface area contributed by atoms with Gasteiger partial charge in [0.2, 0.25) is 0 Å². The van der Waals surface area contributed by atoms with Crippen molar-refractivity contribution in [1.82, 2.24) is 0 Å². The van der Waals surface area contributed by atoms with E-state index >= 15 is 0 Å². The molecule has 0 aliphatic carbocycles. The molecule has 0 amide bonds. The van der Waals surface area contributed by atoms with Crippen LogP contribution < -0.4 is 9.64 Å². The first-order valence-electron chi connectivity index (χ1n) is 7.07. The van der Waals surface area contributed by atoms with Crippen LogP contribution in [0.4, 0.5) is 5.69 Å². The molecule has 0 spiro atoms. The molecule has 2 rings (SSSR count). The fourth-order valence-electron chi connectivity index (χ4n) is 2.07. The van der Waals surface area contributed by atoms with Crippen LogP contribution in [0.25, 0.3) is 0 Å². The summed E-state index contributed by atoms with van der Waals surface area (Å²) in [6.07, 6.45) is 0. The van der Waals surface area contributed by atoms with Gasteiger partial charge in [-0.15, -0.1) is 0 Å². The number of rotatable bonds is 4. The smallest absolute Gasteiger partial charge is 0.343 e. The van der Waals surface area contributed by atoms with E-state index in [0.717, 1.165) is 11.3 Å². The lowest BCUT2D eigenvalue weighted by molar-refractivity contribution is 0.0735. The Labute approximate surface area is 126 Å². The minimum Gasteiger partial charge on any atom is -0.421 e. The van der Waals surface area contributed by atoms with Crippen LogP contribution in [0.2, 0.25) is 0 Å². The second-order valence-electron chi connectivity index (χ2n) is 5.53. The molecule has 2 aromatic carbocycles. The molecule has 3 heteroatoms. The highest BCUT2D eigenvalue weighted by molar-refractivity contribution is 5.91. The van der Waals surface area contributed by atoms with E-state index in [1.165, 1.54) is 0 Å². The predicted octanol–water partition coefficient (Wildman–Crippen LogP) is 4.10. The molecule has 2 aromatic rings. The van der Waals surface area contributed by atoms with Gasteiger partial charge in [0.25, 0.3) is 0 Å². The Morgan fingerprint density at radius 1 is 1.05 bits per heavy atom. The summed E-state index contributed by atoms with van der Waals surface area (Å²) in [5, 5.41) is 0. The van der Waals surface area contributed by atoms with Crippen molar-refractivity contribution in [2.45, 2.75) is 19.8 Å². The third kappa shape index (κ3) is 3.63. The highest BCUT2D eigenvalue weighted by Gasteiger charge is 2.14. The first-order chi connectivity index (χ1) is 9.99. The number of hydrogen-bond acceptors (Lipinski definition) is 3. The number of carbonyl (C=O) groups is 1. The van der Waals surface area contributed by atoms with Crippen LogP contribution in [-0.2, 0) is 0 Å². The zero-order valence-electron chi connectivity index (χ0n) is 13.0. The summed E-state index contributed by atoms with van der Waals surface area (Å²) in [6, 6.07) is 15.0. The van der Waals surface area contributed by atoms with Gasteiger partial charge in [-0.3, -0.25) is 0 Å². The second kappa shape index (κ2) is 6.44. The summed E-state index contributed by atoms with van der Waals surface area (Å²) >= 11 is 0. The van der Waals surface area contributed by atoms with Gasteiger partial charge in [-0.05, 0) is 35.7 Å². The molecule has 0 fully saturated rings. The molecule has 0 N–H and O–H groups in total. The topological polar surface area (TPSA) is 29.5 Å². The molecule has 21 heavy (non-hydrogen) atoms. The number of anilines is 1. The van der Waals surface area contributed by atoms with E-state index in [1.54, 1.807) is 12.1 Å². The van der Waals surface area contributed by atoms with Gasteiger partial charge < -0.3 is 9.64 Å². The third-order valence-corrected chi connectivity index (χ3v) is 3.34. The van der Waals surface area contributed by atoms with Gasteiger partial charge in [-0.2, -0.15) is 0 Å². The normalized spacial score (nSPS) is 10.5. The lowest BCUT2D eigenvalue weighted by Gasteiger charge is -2.19. The molecule has 0 bridgehead atoms. The van der Waals surface area contributed by atoms with E-state index in [1.807, 2.05) is 49.3 Å². The molecule has 0 radical (unpaired) electrons. The van der Waals surface area contributed by atoms with Gasteiger partial charge in [0, 0.05) is 14.1 Å². The molecule has 0 aromatic heterocycles. The second-order valence-corrected chi connectivity index (χ2v) is 5.53. The summed E-state index contributed by atoms with van der Waals surface area (Å²) in [7, 11) is 3.87. The Hall–Kier alpha value is -2.29. The zero-order chi connectivity index (χ0) is 15.4. The van der Waals surface area contributed by atoms with E-state index in [9.17, 15) is 4.79 Å². The van der Waals surface area contributed by atoms with Crippen molar-refractivity contribution in [3.63, 3.8) is 0 Å². The monoisotopic (exact) mass is 283 g/mol. The molecule has 0 aliphatic heterocycles. The van der Waals surface area contributed by atoms with E-state index in [0.29, 0.717) is 17.2 Å². The number of ether oxygens (including phenoxy) is 1. The molecule has 0 saturated heterocycles. The van der Waals surface area contributed by atoms with Crippen LogP contribution in [-0.4, -0.2) is 20.1 Å². The lowest BCUT2D eigenvalue weighted by atomic mass is 10.0. The number of hydrogen-bond donors (Lipinski definition) is 0. The maximum atomic E-state index is 12.2. The Bertz CT molecular complexity index is 618. The van der Waals surface area contributed by atoms with Crippen molar-refractivity contribution in [2.24, 2.45) is 0 Å². The van der Waals surface area contributed by atoms with Crippen LogP contribution in [0.15, 0.2) is 48.5 Å². The summed E-state index contributed by atoms with van der Waals surface area (Å²) in [5.74, 6) is 0.648. The highest BCUT2D eigenvalue weighted by Crippen LogP contribution is 2.31. The summed E-state index contributed by atoms with van der Waals surface area (Å²) in [5.41, 5.74) is 2.59. The minimum absolute atomic E-state index is 0.334. The quantitative estimate of drug-likeness (QED) is 0.625. The maximum Gasteiger partial charge on any atom is 0.343 e. The minimum atomic E-state index is -0.334. The molecular formula is C18H21NO2. The molecule has 3 nitrogen and oxygen atoms in total. The van der Waals surface area contributed by atoms with Gasteiger partial charge in [-0.25, -0.2) is 4.79 Å².